The van der Waals surface area contributed by atoms with Crippen LogP contribution >= 0.6 is 0 Å². The van der Waals surface area contributed by atoms with Gasteiger partial charge in [-0.15, -0.1) is 0 Å². The molecule has 2 N–H and O–H groups in total. The van der Waals surface area contributed by atoms with E-state index in [2.05, 4.69) is 46.7 Å². The van der Waals surface area contributed by atoms with E-state index in [1.807, 2.05) is 0 Å². The van der Waals surface area contributed by atoms with Crippen molar-refractivity contribution in [1.29, 1.82) is 0 Å². The zero-order chi connectivity index (χ0) is 17.7. The Bertz CT molecular complexity index is 631. The maximum Gasteiger partial charge on any atom is 0.322 e. The number of carbonyl (C=O) groups excluding carboxylic acids is 2. The van der Waals surface area contributed by atoms with Crippen LogP contribution in [0, 0.1) is 0 Å². The summed E-state index contributed by atoms with van der Waals surface area (Å²) in [5.41, 5.74) is 1.81. The molecule has 2 saturated heterocycles. The van der Waals surface area contributed by atoms with Crippen LogP contribution in [0.2, 0.25) is 0 Å². The number of hydrogen-bond acceptors (Lipinski definition) is 3. The summed E-state index contributed by atoms with van der Waals surface area (Å²) in [6, 6.07) is 8.11. The normalized spacial score (nSPS) is 22.5. The molecule has 0 bridgehead atoms. The molecule has 0 aliphatic carbocycles. The molecule has 0 aromatic heterocycles. The minimum absolute atomic E-state index is 0.187. The molecule has 0 saturated carbocycles. The molecule has 3 rings (SSSR count). The number of unbranched alkanes of at least 4 members (excludes halogenated alkanes) is 5. The van der Waals surface area contributed by atoms with E-state index in [1.54, 1.807) is 0 Å². The van der Waals surface area contributed by atoms with Crippen molar-refractivity contribution in [1.82, 2.24) is 10.6 Å². The number of urea groups is 1. The first kappa shape index (κ1) is 17.8. The number of amides is 3. The highest BCUT2D eigenvalue weighted by molar-refractivity contribution is 6.07. The number of carbonyl (C=O) groups is 2. The van der Waals surface area contributed by atoms with Gasteiger partial charge in [0.25, 0.3) is 5.91 Å². The average molecular weight is 343 g/mol. The molecule has 3 amide bonds. The van der Waals surface area contributed by atoms with Crippen molar-refractivity contribution in [3.8, 4) is 0 Å². The Labute approximate surface area is 150 Å². The van der Waals surface area contributed by atoms with Crippen molar-refractivity contribution in [3.05, 3.63) is 29.8 Å². The van der Waals surface area contributed by atoms with Crippen LogP contribution in [0.3, 0.4) is 0 Å². The van der Waals surface area contributed by atoms with Crippen molar-refractivity contribution < 1.29 is 9.59 Å². The summed E-state index contributed by atoms with van der Waals surface area (Å²) in [7, 11) is 0. The molecule has 1 atom stereocenters. The van der Waals surface area contributed by atoms with Gasteiger partial charge in [0, 0.05) is 12.2 Å². The minimum atomic E-state index is -0.746. The molecule has 5 heteroatoms. The molecular weight excluding hydrogens is 314 g/mol. The topological polar surface area (TPSA) is 61.4 Å². The zero-order valence-electron chi connectivity index (χ0n) is 15.1. The number of hydrogen-bond donors (Lipinski definition) is 2. The molecule has 1 spiro atoms. The second-order valence-electron chi connectivity index (χ2n) is 7.31. The molecule has 0 radical (unpaired) electrons. The summed E-state index contributed by atoms with van der Waals surface area (Å²) in [6.07, 6.45) is 9.48. The highest BCUT2D eigenvalue weighted by Crippen LogP contribution is 2.31. The summed E-state index contributed by atoms with van der Waals surface area (Å²) < 4.78 is 0. The predicted molar refractivity (Wildman–Crippen MR) is 99.8 cm³/mol. The Hall–Kier alpha value is -2.04. The van der Waals surface area contributed by atoms with Gasteiger partial charge in [-0.3, -0.25) is 10.1 Å². The van der Waals surface area contributed by atoms with Crippen molar-refractivity contribution in [3.63, 3.8) is 0 Å². The molecule has 2 aliphatic heterocycles. The Morgan fingerprint density at radius 3 is 2.60 bits per heavy atom. The highest BCUT2D eigenvalue weighted by Gasteiger charge is 2.50. The number of rotatable bonds is 8. The van der Waals surface area contributed by atoms with E-state index in [-0.39, 0.29) is 11.9 Å². The van der Waals surface area contributed by atoms with Gasteiger partial charge in [-0.05, 0) is 30.9 Å². The quantitative estimate of drug-likeness (QED) is 0.562. The summed E-state index contributed by atoms with van der Waals surface area (Å²) in [5.74, 6) is -0.187. The number of anilines is 1. The van der Waals surface area contributed by atoms with Crippen LogP contribution in [0.4, 0.5) is 10.5 Å². The van der Waals surface area contributed by atoms with Gasteiger partial charge in [-0.1, -0.05) is 57.2 Å². The maximum atomic E-state index is 12.1. The van der Waals surface area contributed by atoms with Crippen molar-refractivity contribution in [2.45, 2.75) is 63.8 Å². The molecule has 25 heavy (non-hydrogen) atoms. The van der Waals surface area contributed by atoms with E-state index in [1.165, 1.54) is 49.8 Å². The molecule has 2 fully saturated rings. The van der Waals surface area contributed by atoms with Crippen LogP contribution in [-0.2, 0) is 11.2 Å². The van der Waals surface area contributed by atoms with Crippen LogP contribution in [0.5, 0.6) is 0 Å². The van der Waals surface area contributed by atoms with Gasteiger partial charge in [0.15, 0.2) is 0 Å². The van der Waals surface area contributed by atoms with Gasteiger partial charge >= 0.3 is 6.03 Å². The van der Waals surface area contributed by atoms with E-state index >= 15 is 0 Å². The maximum absolute atomic E-state index is 12.1. The smallest absolute Gasteiger partial charge is 0.322 e. The van der Waals surface area contributed by atoms with Crippen molar-refractivity contribution in [2.75, 3.05) is 18.0 Å². The molecule has 1 unspecified atom stereocenters. The third kappa shape index (κ3) is 3.97. The van der Waals surface area contributed by atoms with Crippen molar-refractivity contribution >= 4 is 17.6 Å². The monoisotopic (exact) mass is 343 g/mol. The van der Waals surface area contributed by atoms with Crippen LogP contribution < -0.4 is 15.5 Å². The fraction of sp³-hybridized carbons (Fsp3) is 0.600. The lowest BCUT2D eigenvalue weighted by atomic mass is 9.99. The second kappa shape index (κ2) is 7.89. The first-order valence-electron chi connectivity index (χ1n) is 9.61. The van der Waals surface area contributed by atoms with Crippen LogP contribution in [0.25, 0.3) is 0 Å². The standard InChI is InChI=1S/C20H29N3O2/c1-2-3-4-5-6-7-10-16-11-8-9-12-17(16)23-14-13-20(15-23)18(24)21-19(25)22-20/h8-9,11-12H,2-7,10,13-15H2,1H3,(H2,21,22,24,25). The number of imide groups is 1. The van der Waals surface area contributed by atoms with Gasteiger partial charge in [-0.2, -0.15) is 0 Å². The zero-order valence-corrected chi connectivity index (χ0v) is 15.1. The van der Waals surface area contributed by atoms with E-state index in [4.69, 9.17) is 0 Å². The molecule has 1 aromatic rings. The van der Waals surface area contributed by atoms with Crippen LogP contribution in [0.15, 0.2) is 24.3 Å². The van der Waals surface area contributed by atoms with E-state index < -0.39 is 5.54 Å². The number of nitrogens with zero attached hydrogens (tertiary/aromatic N) is 1. The van der Waals surface area contributed by atoms with Gasteiger partial charge in [0.05, 0.1) is 6.54 Å². The predicted octanol–water partition coefficient (Wildman–Crippen LogP) is 3.38. The highest BCUT2D eigenvalue weighted by atomic mass is 16.2. The third-order valence-corrected chi connectivity index (χ3v) is 5.42. The van der Waals surface area contributed by atoms with E-state index in [0.29, 0.717) is 13.0 Å². The number of aryl methyl sites for hydroxylation is 1. The Balaban J connectivity index is 1.60. The Morgan fingerprint density at radius 1 is 1.08 bits per heavy atom. The lowest BCUT2D eigenvalue weighted by Crippen LogP contribution is -2.49. The van der Waals surface area contributed by atoms with Gasteiger partial charge in [-0.25, -0.2) is 4.79 Å². The fourth-order valence-corrected chi connectivity index (χ4v) is 3.96. The van der Waals surface area contributed by atoms with E-state index in [0.717, 1.165) is 13.0 Å². The first-order chi connectivity index (χ1) is 12.1. The number of nitrogens with one attached hydrogen (secondary N) is 2. The lowest BCUT2D eigenvalue weighted by Gasteiger charge is -2.24. The van der Waals surface area contributed by atoms with E-state index in [9.17, 15) is 9.59 Å². The van der Waals surface area contributed by atoms with Crippen molar-refractivity contribution in [2.24, 2.45) is 0 Å². The SMILES string of the molecule is CCCCCCCCc1ccccc1N1CCC2(C1)NC(=O)NC2=O. The Morgan fingerprint density at radius 2 is 1.84 bits per heavy atom. The van der Waals surface area contributed by atoms with Gasteiger partial charge in [0.2, 0.25) is 0 Å². The number of para-hydroxylation sites is 1. The summed E-state index contributed by atoms with van der Waals surface area (Å²) in [4.78, 5) is 25.9. The summed E-state index contributed by atoms with van der Waals surface area (Å²) >= 11 is 0. The third-order valence-electron chi connectivity index (χ3n) is 5.42. The largest absolute Gasteiger partial charge is 0.368 e. The Kier molecular flexibility index (Phi) is 5.61. The number of benzene rings is 1. The lowest BCUT2D eigenvalue weighted by molar-refractivity contribution is -0.123. The molecule has 2 aliphatic rings. The molecule has 1 aromatic carbocycles. The molecule has 5 nitrogen and oxygen atoms in total. The molecule has 136 valence electrons. The summed E-state index contributed by atoms with van der Waals surface area (Å²) in [6.45, 7) is 3.59. The second-order valence-corrected chi connectivity index (χ2v) is 7.31. The van der Waals surface area contributed by atoms with Crippen LogP contribution in [0.1, 0.15) is 57.4 Å². The molecule has 2 heterocycles. The minimum Gasteiger partial charge on any atom is -0.368 e. The first-order valence-corrected chi connectivity index (χ1v) is 9.61. The van der Waals surface area contributed by atoms with Crippen LogP contribution in [-0.4, -0.2) is 30.6 Å². The molecular formula is C20H29N3O2. The summed E-state index contributed by atoms with van der Waals surface area (Å²) in [5, 5.41) is 5.21. The van der Waals surface area contributed by atoms with Gasteiger partial charge in [0.1, 0.15) is 5.54 Å². The average Bonchev–Trinajstić information content (AvgIpc) is 3.15. The van der Waals surface area contributed by atoms with Gasteiger partial charge < -0.3 is 10.2 Å². The fourth-order valence-electron chi connectivity index (χ4n) is 3.96.